The molecule has 2 aromatic rings. The Kier molecular flexibility index (Phi) is 4.39. The number of carbonyl (C=O) groups excluding carboxylic acids is 1. The van der Waals surface area contributed by atoms with Gasteiger partial charge >= 0.3 is 0 Å². The number of rotatable bonds is 4. The first-order valence-corrected chi connectivity index (χ1v) is 6.09. The summed E-state index contributed by atoms with van der Waals surface area (Å²) in [6, 6.07) is 13.8. The van der Waals surface area contributed by atoms with Crippen LogP contribution in [0.25, 0.3) is 6.08 Å². The number of anilines is 1. The van der Waals surface area contributed by atoms with E-state index in [1.807, 2.05) is 0 Å². The molecule has 0 aliphatic rings. The van der Waals surface area contributed by atoms with Crippen LogP contribution in [-0.4, -0.2) is 18.1 Å². The third kappa shape index (κ3) is 3.88. The number of amides is 1. The van der Waals surface area contributed by atoms with Gasteiger partial charge in [-0.05, 0) is 35.9 Å². The predicted molar refractivity (Wildman–Crippen MR) is 78.8 cm³/mol. The molecular weight excluding hydrogens is 254 g/mol. The minimum atomic E-state index is -0.249. The highest BCUT2D eigenvalue weighted by atomic mass is 16.5. The molecule has 0 aliphatic heterocycles. The number of ether oxygens (including phenoxy) is 1. The highest BCUT2D eigenvalue weighted by Crippen LogP contribution is 2.17. The molecule has 102 valence electrons. The number of benzene rings is 2. The molecule has 0 heterocycles. The van der Waals surface area contributed by atoms with Gasteiger partial charge in [0.2, 0.25) is 5.91 Å². The third-order valence-electron chi connectivity index (χ3n) is 2.63. The predicted octanol–water partition coefficient (Wildman–Crippen LogP) is 3.05. The molecule has 2 rings (SSSR count). The Morgan fingerprint density at radius 3 is 2.75 bits per heavy atom. The van der Waals surface area contributed by atoms with Crippen molar-refractivity contribution in [3.63, 3.8) is 0 Å². The van der Waals surface area contributed by atoms with E-state index >= 15 is 0 Å². The van der Waals surface area contributed by atoms with Gasteiger partial charge in [0.1, 0.15) is 11.5 Å². The first-order valence-electron chi connectivity index (χ1n) is 6.09. The molecule has 0 aliphatic carbocycles. The van der Waals surface area contributed by atoms with Gasteiger partial charge in [0.25, 0.3) is 0 Å². The van der Waals surface area contributed by atoms with Crippen molar-refractivity contribution in [2.45, 2.75) is 0 Å². The van der Waals surface area contributed by atoms with Crippen LogP contribution in [0.15, 0.2) is 54.6 Å². The number of aromatic hydroxyl groups is 1. The van der Waals surface area contributed by atoms with Crippen molar-refractivity contribution in [1.29, 1.82) is 0 Å². The first kappa shape index (κ1) is 13.7. The van der Waals surface area contributed by atoms with Crippen molar-refractivity contribution >= 4 is 17.7 Å². The highest BCUT2D eigenvalue weighted by Gasteiger charge is 1.99. The van der Waals surface area contributed by atoms with Crippen molar-refractivity contribution < 1.29 is 14.6 Å². The summed E-state index contributed by atoms with van der Waals surface area (Å²) in [6.45, 7) is 0. The second-order valence-corrected chi connectivity index (χ2v) is 4.15. The second-order valence-electron chi connectivity index (χ2n) is 4.15. The number of hydrogen-bond donors (Lipinski definition) is 2. The van der Waals surface area contributed by atoms with Gasteiger partial charge in [-0.2, -0.15) is 0 Å². The first-order chi connectivity index (χ1) is 9.67. The lowest BCUT2D eigenvalue weighted by Gasteiger charge is -2.04. The molecule has 1 amide bonds. The zero-order chi connectivity index (χ0) is 14.4. The summed E-state index contributed by atoms with van der Waals surface area (Å²) in [6.07, 6.45) is 3.05. The number of methoxy groups -OCH3 is 1. The second kappa shape index (κ2) is 6.43. The number of phenols is 1. The highest BCUT2D eigenvalue weighted by molar-refractivity contribution is 6.02. The molecule has 0 atom stereocenters. The fourth-order valence-corrected chi connectivity index (χ4v) is 1.69. The molecule has 0 saturated heterocycles. The minimum absolute atomic E-state index is 0.167. The molecular formula is C16H15NO3. The van der Waals surface area contributed by atoms with E-state index in [0.29, 0.717) is 11.4 Å². The quantitative estimate of drug-likeness (QED) is 0.839. The lowest BCUT2D eigenvalue weighted by atomic mass is 10.2. The molecule has 0 saturated carbocycles. The minimum Gasteiger partial charge on any atom is -0.508 e. The van der Waals surface area contributed by atoms with E-state index in [1.54, 1.807) is 61.7 Å². The third-order valence-corrected chi connectivity index (χ3v) is 2.63. The summed E-state index contributed by atoms with van der Waals surface area (Å²) in [5.41, 5.74) is 1.42. The van der Waals surface area contributed by atoms with Crippen molar-refractivity contribution in [3.05, 3.63) is 60.2 Å². The van der Waals surface area contributed by atoms with E-state index in [9.17, 15) is 9.90 Å². The van der Waals surface area contributed by atoms with Crippen LogP contribution in [0.5, 0.6) is 11.5 Å². The van der Waals surface area contributed by atoms with E-state index in [1.165, 1.54) is 6.08 Å². The van der Waals surface area contributed by atoms with Crippen LogP contribution >= 0.6 is 0 Å². The average molecular weight is 269 g/mol. The average Bonchev–Trinajstić information content (AvgIpc) is 2.45. The van der Waals surface area contributed by atoms with Crippen LogP contribution in [0.1, 0.15) is 5.56 Å². The molecule has 0 aromatic heterocycles. The summed E-state index contributed by atoms with van der Waals surface area (Å²) in [4.78, 5) is 11.8. The van der Waals surface area contributed by atoms with Crippen LogP contribution in [0, 0.1) is 0 Å². The molecule has 0 fully saturated rings. The van der Waals surface area contributed by atoms with Crippen molar-refractivity contribution in [2.24, 2.45) is 0 Å². The summed E-state index contributed by atoms with van der Waals surface area (Å²) in [5.74, 6) is 0.599. The van der Waals surface area contributed by atoms with E-state index in [-0.39, 0.29) is 11.7 Å². The Morgan fingerprint density at radius 2 is 2.00 bits per heavy atom. The molecule has 0 radical (unpaired) electrons. The molecule has 4 nitrogen and oxygen atoms in total. The van der Waals surface area contributed by atoms with Crippen LogP contribution in [0.2, 0.25) is 0 Å². The van der Waals surface area contributed by atoms with Gasteiger partial charge in [-0.3, -0.25) is 4.79 Å². The zero-order valence-corrected chi connectivity index (χ0v) is 11.0. The number of carbonyl (C=O) groups is 1. The van der Waals surface area contributed by atoms with Crippen LogP contribution in [0.4, 0.5) is 5.69 Å². The number of nitrogens with one attached hydrogen (secondary N) is 1. The van der Waals surface area contributed by atoms with E-state index in [4.69, 9.17) is 4.74 Å². The monoisotopic (exact) mass is 269 g/mol. The fourth-order valence-electron chi connectivity index (χ4n) is 1.69. The van der Waals surface area contributed by atoms with E-state index in [2.05, 4.69) is 5.32 Å². The van der Waals surface area contributed by atoms with E-state index in [0.717, 1.165) is 5.56 Å². The van der Waals surface area contributed by atoms with Gasteiger partial charge in [-0.25, -0.2) is 0 Å². The molecule has 20 heavy (non-hydrogen) atoms. The van der Waals surface area contributed by atoms with Gasteiger partial charge in [-0.1, -0.05) is 18.2 Å². The van der Waals surface area contributed by atoms with Gasteiger partial charge in [0.15, 0.2) is 0 Å². The Hall–Kier alpha value is -2.75. The van der Waals surface area contributed by atoms with Gasteiger partial charge < -0.3 is 15.2 Å². The smallest absolute Gasteiger partial charge is 0.248 e. The SMILES string of the molecule is COc1cccc(NC(=O)/C=C/c2cccc(O)c2)c1. The summed E-state index contributed by atoms with van der Waals surface area (Å²) in [5, 5.41) is 12.1. The van der Waals surface area contributed by atoms with Gasteiger partial charge in [-0.15, -0.1) is 0 Å². The van der Waals surface area contributed by atoms with Gasteiger partial charge in [0.05, 0.1) is 7.11 Å². The van der Waals surface area contributed by atoms with Crippen LogP contribution in [0.3, 0.4) is 0 Å². The standard InChI is InChI=1S/C16H15NO3/c1-20-15-7-3-5-13(11-15)17-16(19)9-8-12-4-2-6-14(18)10-12/h2-11,18H,1H3,(H,17,19)/b9-8+. The van der Waals surface area contributed by atoms with E-state index < -0.39 is 0 Å². The summed E-state index contributed by atoms with van der Waals surface area (Å²) < 4.78 is 5.08. The van der Waals surface area contributed by atoms with Gasteiger partial charge in [0, 0.05) is 17.8 Å². The Labute approximate surface area is 117 Å². The van der Waals surface area contributed by atoms with Crippen LogP contribution < -0.4 is 10.1 Å². The summed E-state index contributed by atoms with van der Waals surface area (Å²) in [7, 11) is 1.57. The summed E-state index contributed by atoms with van der Waals surface area (Å²) >= 11 is 0. The largest absolute Gasteiger partial charge is 0.508 e. The zero-order valence-electron chi connectivity index (χ0n) is 11.0. The molecule has 2 N–H and O–H groups in total. The van der Waals surface area contributed by atoms with Crippen LogP contribution in [-0.2, 0) is 4.79 Å². The maximum Gasteiger partial charge on any atom is 0.248 e. The van der Waals surface area contributed by atoms with Crippen molar-refractivity contribution in [1.82, 2.24) is 0 Å². The fraction of sp³-hybridized carbons (Fsp3) is 0.0625. The molecule has 0 bridgehead atoms. The van der Waals surface area contributed by atoms with Crippen molar-refractivity contribution in [2.75, 3.05) is 12.4 Å². The number of hydrogen-bond acceptors (Lipinski definition) is 3. The normalized spacial score (nSPS) is 10.4. The lowest BCUT2D eigenvalue weighted by molar-refractivity contribution is -0.111. The molecule has 0 unspecified atom stereocenters. The molecule has 0 spiro atoms. The maximum absolute atomic E-state index is 11.8. The van der Waals surface area contributed by atoms with Crippen molar-refractivity contribution in [3.8, 4) is 11.5 Å². The maximum atomic E-state index is 11.8. The molecule has 4 heteroatoms. The lowest BCUT2D eigenvalue weighted by Crippen LogP contribution is -2.07. The Morgan fingerprint density at radius 1 is 1.20 bits per heavy atom. The molecule has 2 aromatic carbocycles. The topological polar surface area (TPSA) is 58.6 Å². The Bertz CT molecular complexity index is 635. The Balaban J connectivity index is 2.01. The number of phenolic OH excluding ortho intramolecular Hbond substituents is 1.